The third-order valence-corrected chi connectivity index (χ3v) is 4.88. The van der Waals surface area contributed by atoms with Crippen LogP contribution in [0, 0.1) is 6.92 Å². The van der Waals surface area contributed by atoms with Crippen molar-refractivity contribution < 1.29 is 17.9 Å². The van der Waals surface area contributed by atoms with Crippen molar-refractivity contribution in [2.45, 2.75) is 11.8 Å². The van der Waals surface area contributed by atoms with Crippen molar-refractivity contribution in [1.29, 1.82) is 0 Å². The SMILES string of the molecule is COc1ccc(S(=O)(=O)Nc2cc(Cl)c(C)cc2OC)cc1. The van der Waals surface area contributed by atoms with E-state index in [1.807, 2.05) is 6.92 Å². The van der Waals surface area contributed by atoms with Crippen LogP contribution in [0.1, 0.15) is 5.56 Å². The standard InChI is InChI=1S/C15H16ClNO4S/c1-10-8-15(21-3)14(9-13(10)16)17-22(18,19)12-6-4-11(20-2)5-7-12/h4-9,17H,1-3H3. The minimum Gasteiger partial charge on any atom is -0.497 e. The number of rotatable bonds is 5. The van der Waals surface area contributed by atoms with E-state index in [1.54, 1.807) is 18.2 Å². The van der Waals surface area contributed by atoms with E-state index in [-0.39, 0.29) is 10.6 Å². The molecular weight excluding hydrogens is 326 g/mol. The van der Waals surface area contributed by atoms with Crippen molar-refractivity contribution in [1.82, 2.24) is 0 Å². The van der Waals surface area contributed by atoms with Gasteiger partial charge < -0.3 is 9.47 Å². The van der Waals surface area contributed by atoms with E-state index >= 15 is 0 Å². The van der Waals surface area contributed by atoms with E-state index in [0.29, 0.717) is 16.5 Å². The Morgan fingerprint density at radius 2 is 1.68 bits per heavy atom. The number of hydrogen-bond donors (Lipinski definition) is 1. The molecule has 0 aliphatic heterocycles. The second-order valence-electron chi connectivity index (χ2n) is 4.58. The molecule has 0 amide bonds. The van der Waals surface area contributed by atoms with Gasteiger partial charge in [0, 0.05) is 5.02 Å². The largest absolute Gasteiger partial charge is 0.497 e. The number of hydrogen-bond acceptors (Lipinski definition) is 4. The summed E-state index contributed by atoms with van der Waals surface area (Å²) in [5.41, 5.74) is 1.08. The third kappa shape index (κ3) is 3.45. The summed E-state index contributed by atoms with van der Waals surface area (Å²) in [5.74, 6) is 0.980. The minimum atomic E-state index is -3.74. The van der Waals surface area contributed by atoms with Gasteiger partial charge in [-0.2, -0.15) is 0 Å². The molecule has 2 aromatic carbocycles. The summed E-state index contributed by atoms with van der Waals surface area (Å²) in [6, 6.07) is 9.28. The smallest absolute Gasteiger partial charge is 0.262 e. The average molecular weight is 342 g/mol. The van der Waals surface area contributed by atoms with Crippen molar-refractivity contribution in [2.75, 3.05) is 18.9 Å². The van der Waals surface area contributed by atoms with Crippen molar-refractivity contribution >= 4 is 27.3 Å². The van der Waals surface area contributed by atoms with Crippen LogP contribution in [-0.4, -0.2) is 22.6 Å². The number of methoxy groups -OCH3 is 2. The van der Waals surface area contributed by atoms with E-state index in [0.717, 1.165) is 5.56 Å². The molecule has 2 rings (SSSR count). The van der Waals surface area contributed by atoms with Gasteiger partial charge in [0.1, 0.15) is 11.5 Å². The van der Waals surface area contributed by atoms with Gasteiger partial charge >= 0.3 is 0 Å². The molecule has 7 heteroatoms. The lowest BCUT2D eigenvalue weighted by Crippen LogP contribution is -2.13. The molecule has 0 heterocycles. The molecule has 0 aliphatic rings. The predicted octanol–water partition coefficient (Wildman–Crippen LogP) is 3.47. The first-order valence-corrected chi connectivity index (χ1v) is 8.24. The predicted molar refractivity (Wildman–Crippen MR) is 86.5 cm³/mol. The molecule has 118 valence electrons. The lowest BCUT2D eigenvalue weighted by atomic mass is 10.2. The summed E-state index contributed by atoms with van der Waals surface area (Å²) in [6.07, 6.45) is 0. The van der Waals surface area contributed by atoms with Gasteiger partial charge in [0.2, 0.25) is 0 Å². The molecule has 5 nitrogen and oxygen atoms in total. The molecule has 22 heavy (non-hydrogen) atoms. The van der Waals surface area contributed by atoms with Gasteiger partial charge in [-0.05, 0) is 48.9 Å². The van der Waals surface area contributed by atoms with Gasteiger partial charge in [0.15, 0.2) is 0 Å². The number of halogens is 1. The Morgan fingerprint density at radius 1 is 1.05 bits per heavy atom. The van der Waals surface area contributed by atoms with Crippen molar-refractivity contribution in [3.63, 3.8) is 0 Å². The molecule has 1 N–H and O–H groups in total. The third-order valence-electron chi connectivity index (χ3n) is 3.09. The van der Waals surface area contributed by atoms with E-state index in [9.17, 15) is 8.42 Å². The molecule has 0 fully saturated rings. The van der Waals surface area contributed by atoms with Gasteiger partial charge in [-0.3, -0.25) is 4.72 Å². The first kappa shape index (κ1) is 16.5. The quantitative estimate of drug-likeness (QED) is 0.904. The van der Waals surface area contributed by atoms with Gasteiger partial charge in [0.05, 0.1) is 24.8 Å². The Bertz CT molecular complexity index is 773. The maximum absolute atomic E-state index is 12.4. The normalized spacial score (nSPS) is 11.1. The number of benzene rings is 2. The van der Waals surface area contributed by atoms with Gasteiger partial charge in [-0.1, -0.05) is 11.6 Å². The summed E-state index contributed by atoms with van der Waals surface area (Å²) in [7, 11) is -0.764. The van der Waals surface area contributed by atoms with Crippen molar-refractivity contribution in [3.8, 4) is 11.5 Å². The van der Waals surface area contributed by atoms with E-state index in [1.165, 1.54) is 32.4 Å². The fourth-order valence-electron chi connectivity index (χ4n) is 1.86. The van der Waals surface area contributed by atoms with Crippen LogP contribution in [0.5, 0.6) is 11.5 Å². The molecule has 0 aromatic heterocycles. The maximum atomic E-state index is 12.4. The molecule has 0 saturated carbocycles. The van der Waals surface area contributed by atoms with E-state index in [4.69, 9.17) is 21.1 Å². The van der Waals surface area contributed by atoms with Gasteiger partial charge in [-0.25, -0.2) is 8.42 Å². The first-order valence-electron chi connectivity index (χ1n) is 6.38. The summed E-state index contributed by atoms with van der Waals surface area (Å²) in [4.78, 5) is 0.118. The first-order chi connectivity index (χ1) is 10.4. The maximum Gasteiger partial charge on any atom is 0.262 e. The lowest BCUT2D eigenvalue weighted by Gasteiger charge is -2.13. The zero-order valence-corrected chi connectivity index (χ0v) is 14.0. The van der Waals surface area contributed by atoms with Crippen LogP contribution in [0.2, 0.25) is 5.02 Å². The number of anilines is 1. The second kappa shape index (κ2) is 6.46. The van der Waals surface area contributed by atoms with Crippen molar-refractivity contribution in [2.24, 2.45) is 0 Å². The minimum absolute atomic E-state index is 0.118. The zero-order valence-electron chi connectivity index (χ0n) is 12.4. The highest BCUT2D eigenvalue weighted by Crippen LogP contribution is 2.32. The number of ether oxygens (including phenoxy) is 2. The number of aryl methyl sites for hydroxylation is 1. The highest BCUT2D eigenvalue weighted by Gasteiger charge is 2.17. The Balaban J connectivity index is 2.37. The van der Waals surface area contributed by atoms with Crippen LogP contribution >= 0.6 is 11.6 Å². The number of sulfonamides is 1. The summed E-state index contributed by atoms with van der Waals surface area (Å²) >= 11 is 6.05. The molecule has 0 atom stereocenters. The molecule has 2 aromatic rings. The van der Waals surface area contributed by atoms with Crippen LogP contribution in [0.15, 0.2) is 41.3 Å². The molecule has 0 unspecified atom stereocenters. The van der Waals surface area contributed by atoms with Gasteiger partial charge in [-0.15, -0.1) is 0 Å². The Kier molecular flexibility index (Phi) is 4.83. The van der Waals surface area contributed by atoms with Crippen LogP contribution < -0.4 is 14.2 Å². The fourth-order valence-corrected chi connectivity index (χ4v) is 3.09. The number of nitrogens with one attached hydrogen (secondary N) is 1. The topological polar surface area (TPSA) is 64.6 Å². The summed E-state index contributed by atoms with van der Waals surface area (Å²) < 4.78 is 37.5. The average Bonchev–Trinajstić information content (AvgIpc) is 2.50. The van der Waals surface area contributed by atoms with Crippen molar-refractivity contribution in [3.05, 3.63) is 47.0 Å². The molecular formula is C15H16ClNO4S. The van der Waals surface area contributed by atoms with Crippen LogP contribution in [0.4, 0.5) is 5.69 Å². The van der Waals surface area contributed by atoms with Crippen LogP contribution in [0.3, 0.4) is 0 Å². The Labute approximate surface area is 134 Å². The fraction of sp³-hybridized carbons (Fsp3) is 0.200. The van der Waals surface area contributed by atoms with E-state index < -0.39 is 10.0 Å². The van der Waals surface area contributed by atoms with Crippen LogP contribution in [0.25, 0.3) is 0 Å². The lowest BCUT2D eigenvalue weighted by molar-refractivity contribution is 0.414. The second-order valence-corrected chi connectivity index (χ2v) is 6.67. The van der Waals surface area contributed by atoms with E-state index in [2.05, 4.69) is 4.72 Å². The molecule has 0 radical (unpaired) electrons. The highest BCUT2D eigenvalue weighted by atomic mass is 35.5. The van der Waals surface area contributed by atoms with Crippen LogP contribution in [-0.2, 0) is 10.0 Å². The zero-order chi connectivity index (χ0) is 16.3. The monoisotopic (exact) mass is 341 g/mol. The molecule has 0 aliphatic carbocycles. The van der Waals surface area contributed by atoms with Gasteiger partial charge in [0.25, 0.3) is 10.0 Å². The molecule has 0 spiro atoms. The molecule has 0 saturated heterocycles. The summed E-state index contributed by atoms with van der Waals surface area (Å²) in [5, 5.41) is 0.452. The molecule has 0 bridgehead atoms. The highest BCUT2D eigenvalue weighted by molar-refractivity contribution is 7.92. The Morgan fingerprint density at radius 3 is 2.23 bits per heavy atom. The Hall–Kier alpha value is -1.92. The summed E-state index contributed by atoms with van der Waals surface area (Å²) in [6.45, 7) is 1.81.